The molecule has 39 heavy (non-hydrogen) atoms. The van der Waals surface area contributed by atoms with Crippen LogP contribution in [0.4, 0.5) is 5.69 Å². The first-order chi connectivity index (χ1) is 19.3. The summed E-state index contributed by atoms with van der Waals surface area (Å²) >= 11 is 1.87. The van der Waals surface area contributed by atoms with Gasteiger partial charge in [-0.05, 0) is 58.8 Å². The standard InChI is InChI=1S/C35H22N2OS/c1-2-8-24-21(7-1)15-18-28-32(24)25-9-3-5-11-27(25)37(28)23-16-13-22(14-17-23)35-36-34-31(39-35)20-19-30-33(34)26-10-4-6-12-29(26)38-30/h1-20,35-36H. The van der Waals surface area contributed by atoms with E-state index < -0.39 is 0 Å². The van der Waals surface area contributed by atoms with E-state index in [0.717, 1.165) is 16.6 Å². The Balaban J connectivity index is 1.15. The topological polar surface area (TPSA) is 30.1 Å². The van der Waals surface area contributed by atoms with Crippen molar-refractivity contribution >= 4 is 72.0 Å². The van der Waals surface area contributed by atoms with E-state index in [4.69, 9.17) is 4.42 Å². The molecule has 8 aromatic rings. The number of aromatic nitrogens is 1. The Labute approximate surface area is 228 Å². The van der Waals surface area contributed by atoms with Crippen molar-refractivity contribution in [2.75, 3.05) is 5.32 Å². The number of fused-ring (bicyclic) bond motifs is 10. The largest absolute Gasteiger partial charge is 0.456 e. The van der Waals surface area contributed by atoms with Gasteiger partial charge in [-0.2, -0.15) is 0 Å². The van der Waals surface area contributed by atoms with E-state index in [1.807, 2.05) is 23.9 Å². The van der Waals surface area contributed by atoms with Crippen LogP contribution in [0.25, 0.3) is 60.2 Å². The Morgan fingerprint density at radius 1 is 0.590 bits per heavy atom. The summed E-state index contributed by atoms with van der Waals surface area (Å²) in [5.74, 6) is 0. The van der Waals surface area contributed by atoms with Crippen LogP contribution in [0.1, 0.15) is 10.9 Å². The molecule has 3 nitrogen and oxygen atoms in total. The lowest BCUT2D eigenvalue weighted by atomic mass is 10.0. The van der Waals surface area contributed by atoms with Gasteiger partial charge in [0.25, 0.3) is 0 Å². The third kappa shape index (κ3) is 3.01. The Hall–Kier alpha value is -4.67. The van der Waals surface area contributed by atoms with E-state index in [1.165, 1.54) is 59.8 Å². The van der Waals surface area contributed by atoms with Crippen LogP contribution in [0.3, 0.4) is 0 Å². The third-order valence-corrected chi connectivity index (χ3v) is 9.26. The van der Waals surface area contributed by atoms with Crippen molar-refractivity contribution in [2.24, 2.45) is 0 Å². The number of nitrogens with zero attached hydrogens (tertiary/aromatic N) is 1. The summed E-state index contributed by atoms with van der Waals surface area (Å²) in [4.78, 5) is 1.26. The van der Waals surface area contributed by atoms with Crippen LogP contribution in [-0.4, -0.2) is 4.57 Å². The highest BCUT2D eigenvalue weighted by Crippen LogP contribution is 2.51. The normalized spacial score (nSPS) is 15.0. The van der Waals surface area contributed by atoms with Gasteiger partial charge in [-0.1, -0.05) is 90.6 Å². The fourth-order valence-electron chi connectivity index (χ4n) is 6.29. The maximum absolute atomic E-state index is 6.12. The van der Waals surface area contributed by atoms with E-state index in [0.29, 0.717) is 0 Å². The molecule has 1 aliphatic rings. The number of furan rings is 1. The van der Waals surface area contributed by atoms with Gasteiger partial charge >= 0.3 is 0 Å². The zero-order valence-corrected chi connectivity index (χ0v) is 21.7. The van der Waals surface area contributed by atoms with Gasteiger partial charge < -0.3 is 14.3 Å². The zero-order chi connectivity index (χ0) is 25.5. The van der Waals surface area contributed by atoms with E-state index >= 15 is 0 Å². The molecule has 6 aromatic carbocycles. The van der Waals surface area contributed by atoms with Crippen LogP contribution < -0.4 is 5.32 Å². The lowest BCUT2D eigenvalue weighted by Crippen LogP contribution is -2.02. The SMILES string of the molecule is c1ccc2c(c1)ccc1c2c2ccccc2n1-c1ccc(C2Nc3c(ccc4oc5ccccc5c34)S2)cc1. The summed E-state index contributed by atoms with van der Waals surface area (Å²) in [5, 5.41) is 11.4. The van der Waals surface area contributed by atoms with Crippen LogP contribution in [0, 0.1) is 0 Å². The molecule has 0 spiro atoms. The molecule has 0 saturated carbocycles. The van der Waals surface area contributed by atoms with Gasteiger partial charge in [0, 0.05) is 26.7 Å². The second-order valence-electron chi connectivity index (χ2n) is 10.2. The fraction of sp³-hybridized carbons (Fsp3) is 0.0286. The number of anilines is 1. The summed E-state index contributed by atoms with van der Waals surface area (Å²) in [6.45, 7) is 0. The molecular weight excluding hydrogens is 496 g/mol. The molecule has 1 unspecified atom stereocenters. The van der Waals surface area contributed by atoms with Crippen LogP contribution >= 0.6 is 11.8 Å². The van der Waals surface area contributed by atoms with Gasteiger partial charge in [-0.15, -0.1) is 0 Å². The minimum atomic E-state index is 0.149. The van der Waals surface area contributed by atoms with Gasteiger partial charge in [0.05, 0.1) is 22.1 Å². The number of hydrogen-bond donors (Lipinski definition) is 1. The molecule has 3 heterocycles. The molecule has 0 aliphatic carbocycles. The molecule has 0 saturated heterocycles. The van der Waals surface area contributed by atoms with Crippen LogP contribution in [0.15, 0.2) is 131 Å². The number of rotatable bonds is 2. The molecular formula is C35H22N2OS. The van der Waals surface area contributed by atoms with E-state index in [9.17, 15) is 0 Å². The van der Waals surface area contributed by atoms with Crippen molar-refractivity contribution in [3.05, 3.63) is 127 Å². The fourth-order valence-corrected chi connectivity index (χ4v) is 7.44. The van der Waals surface area contributed by atoms with E-state index in [2.05, 4.69) is 119 Å². The maximum Gasteiger partial charge on any atom is 0.137 e. The summed E-state index contributed by atoms with van der Waals surface area (Å²) in [7, 11) is 0. The quantitative estimate of drug-likeness (QED) is 0.247. The predicted octanol–water partition coefficient (Wildman–Crippen LogP) is 10.1. The molecule has 1 aliphatic heterocycles. The molecule has 2 aromatic heterocycles. The molecule has 0 fully saturated rings. The van der Waals surface area contributed by atoms with Crippen molar-refractivity contribution in [1.82, 2.24) is 4.57 Å². The average molecular weight is 519 g/mol. The van der Waals surface area contributed by atoms with Gasteiger partial charge in [-0.3, -0.25) is 0 Å². The Morgan fingerprint density at radius 2 is 1.36 bits per heavy atom. The van der Waals surface area contributed by atoms with Gasteiger partial charge in [0.1, 0.15) is 16.5 Å². The van der Waals surface area contributed by atoms with Crippen molar-refractivity contribution in [3.63, 3.8) is 0 Å². The first-order valence-electron chi connectivity index (χ1n) is 13.2. The van der Waals surface area contributed by atoms with E-state index in [1.54, 1.807) is 0 Å². The minimum absolute atomic E-state index is 0.149. The monoisotopic (exact) mass is 518 g/mol. The highest BCUT2D eigenvalue weighted by atomic mass is 32.2. The molecule has 1 N–H and O–H groups in total. The number of thioether (sulfide) groups is 1. The highest BCUT2D eigenvalue weighted by Gasteiger charge is 2.27. The van der Waals surface area contributed by atoms with Gasteiger partial charge in [-0.25, -0.2) is 0 Å². The Morgan fingerprint density at radius 3 is 2.26 bits per heavy atom. The third-order valence-electron chi connectivity index (χ3n) is 8.04. The summed E-state index contributed by atoms with van der Waals surface area (Å²) in [6.07, 6.45) is 0. The zero-order valence-electron chi connectivity index (χ0n) is 20.9. The van der Waals surface area contributed by atoms with E-state index in [-0.39, 0.29) is 5.37 Å². The summed E-state index contributed by atoms with van der Waals surface area (Å²) < 4.78 is 8.52. The lowest BCUT2D eigenvalue weighted by molar-refractivity contribution is 0.669. The van der Waals surface area contributed by atoms with Crippen LogP contribution in [0.5, 0.6) is 0 Å². The predicted molar refractivity (Wildman–Crippen MR) is 164 cm³/mol. The van der Waals surface area contributed by atoms with Crippen molar-refractivity contribution < 1.29 is 4.42 Å². The Bertz CT molecular complexity index is 2240. The Kier molecular flexibility index (Phi) is 4.32. The van der Waals surface area contributed by atoms with Crippen LogP contribution in [0.2, 0.25) is 0 Å². The first kappa shape index (κ1) is 21.3. The molecule has 1 atom stereocenters. The molecule has 4 heteroatoms. The van der Waals surface area contributed by atoms with Gasteiger partial charge in [0.15, 0.2) is 0 Å². The first-order valence-corrected chi connectivity index (χ1v) is 14.1. The molecule has 184 valence electrons. The minimum Gasteiger partial charge on any atom is -0.456 e. The number of para-hydroxylation sites is 2. The number of benzene rings is 6. The summed E-state index contributed by atoms with van der Waals surface area (Å²) in [5.41, 5.74) is 7.92. The second kappa shape index (κ2) is 7.92. The second-order valence-corrected chi connectivity index (χ2v) is 11.3. The lowest BCUT2D eigenvalue weighted by Gasteiger charge is -2.13. The molecule has 0 radical (unpaired) electrons. The smallest absolute Gasteiger partial charge is 0.137 e. The number of nitrogens with one attached hydrogen (secondary N) is 1. The molecule has 0 amide bonds. The summed E-state index contributed by atoms with van der Waals surface area (Å²) in [6, 6.07) is 43.5. The molecule has 9 rings (SSSR count). The van der Waals surface area contributed by atoms with Crippen molar-refractivity contribution in [1.29, 1.82) is 0 Å². The maximum atomic E-state index is 6.12. The number of hydrogen-bond acceptors (Lipinski definition) is 3. The van der Waals surface area contributed by atoms with Crippen LogP contribution in [-0.2, 0) is 0 Å². The average Bonchev–Trinajstić information content (AvgIpc) is 3.68. The molecule has 0 bridgehead atoms. The van der Waals surface area contributed by atoms with Crippen molar-refractivity contribution in [2.45, 2.75) is 10.3 Å². The highest BCUT2D eigenvalue weighted by molar-refractivity contribution is 8.00. The van der Waals surface area contributed by atoms with Crippen molar-refractivity contribution in [3.8, 4) is 5.69 Å². The van der Waals surface area contributed by atoms with Gasteiger partial charge in [0.2, 0.25) is 0 Å².